The van der Waals surface area contributed by atoms with Crippen LogP contribution in [0.25, 0.3) is 0 Å². The first-order chi connectivity index (χ1) is 9.31. The predicted molar refractivity (Wildman–Crippen MR) is 69.2 cm³/mol. The van der Waals surface area contributed by atoms with Gasteiger partial charge in [-0.1, -0.05) is 36.9 Å². The summed E-state index contributed by atoms with van der Waals surface area (Å²) in [6.45, 7) is 3.79. The molecule has 96 valence electrons. The maximum Gasteiger partial charge on any atom is 0.331 e. The topological polar surface area (TPSA) is 35.5 Å². The molecular formula is C16H14O3. The molecule has 1 aromatic rings. The summed E-state index contributed by atoms with van der Waals surface area (Å²) in [5.41, 5.74) is 3.76. The fraction of sp³-hybridized carbons (Fsp3) is 0.312. The first-order valence-electron chi connectivity index (χ1n) is 6.54. The van der Waals surface area contributed by atoms with Gasteiger partial charge in [0.05, 0.1) is 12.2 Å². The van der Waals surface area contributed by atoms with Crippen LogP contribution < -0.4 is 0 Å². The van der Waals surface area contributed by atoms with Gasteiger partial charge in [-0.3, -0.25) is 0 Å². The van der Waals surface area contributed by atoms with Crippen LogP contribution in [0.4, 0.5) is 0 Å². The van der Waals surface area contributed by atoms with Crippen LogP contribution in [0, 0.1) is 11.8 Å². The first kappa shape index (κ1) is 11.0. The Kier molecular flexibility index (Phi) is 2.21. The van der Waals surface area contributed by atoms with Gasteiger partial charge >= 0.3 is 5.97 Å². The third kappa shape index (κ3) is 1.45. The quantitative estimate of drug-likeness (QED) is 0.472. The average molecular weight is 254 g/mol. The molecule has 0 radical (unpaired) electrons. The minimum Gasteiger partial charge on any atom is -0.458 e. The number of ether oxygens (including phenoxy) is 2. The summed E-state index contributed by atoms with van der Waals surface area (Å²) in [6, 6.07) is 8.34. The summed E-state index contributed by atoms with van der Waals surface area (Å²) in [6.07, 6.45) is 3.51. The van der Waals surface area contributed by atoms with Crippen LogP contribution in [0.3, 0.4) is 0 Å². The minimum absolute atomic E-state index is 0.143. The smallest absolute Gasteiger partial charge is 0.331 e. The number of carbonyl (C=O) groups is 1. The average Bonchev–Trinajstić information content (AvgIpc) is 2.86. The molecule has 0 N–H and O–H groups in total. The van der Waals surface area contributed by atoms with Crippen molar-refractivity contribution in [2.24, 2.45) is 11.8 Å². The zero-order valence-electron chi connectivity index (χ0n) is 10.4. The first-order valence-corrected chi connectivity index (χ1v) is 6.54. The molecule has 2 aliphatic heterocycles. The lowest BCUT2D eigenvalue weighted by atomic mass is 9.92. The highest BCUT2D eigenvalue weighted by molar-refractivity contribution is 5.84. The monoisotopic (exact) mass is 254 g/mol. The van der Waals surface area contributed by atoms with Crippen LogP contribution in [0.2, 0.25) is 0 Å². The summed E-state index contributed by atoms with van der Waals surface area (Å²) >= 11 is 0. The normalized spacial score (nSPS) is 32.5. The van der Waals surface area contributed by atoms with Gasteiger partial charge in [0.2, 0.25) is 0 Å². The Morgan fingerprint density at radius 2 is 1.89 bits per heavy atom. The van der Waals surface area contributed by atoms with Crippen LogP contribution in [0.15, 0.2) is 48.6 Å². The fourth-order valence-corrected chi connectivity index (χ4v) is 3.45. The van der Waals surface area contributed by atoms with Crippen LogP contribution in [0.5, 0.6) is 0 Å². The molecule has 0 amide bonds. The van der Waals surface area contributed by atoms with E-state index in [1.165, 1.54) is 16.7 Å². The molecule has 3 aliphatic rings. The Hall–Kier alpha value is -1.87. The molecule has 0 aromatic heterocycles. The van der Waals surface area contributed by atoms with Crippen LogP contribution in [-0.2, 0) is 14.3 Å². The van der Waals surface area contributed by atoms with E-state index in [1.54, 1.807) is 12.2 Å². The maximum atomic E-state index is 11.6. The fourth-order valence-electron chi connectivity index (χ4n) is 3.45. The van der Waals surface area contributed by atoms with Crippen molar-refractivity contribution in [3.8, 4) is 0 Å². The molecule has 4 rings (SSSR count). The van der Waals surface area contributed by atoms with Crippen LogP contribution in [-0.4, -0.2) is 12.6 Å². The highest BCUT2D eigenvalue weighted by Crippen LogP contribution is 2.72. The summed E-state index contributed by atoms with van der Waals surface area (Å²) in [4.78, 5) is 11.6. The van der Waals surface area contributed by atoms with Crippen LogP contribution in [0.1, 0.15) is 23.3 Å². The van der Waals surface area contributed by atoms with Gasteiger partial charge in [0.15, 0.2) is 0 Å². The highest BCUT2D eigenvalue weighted by Gasteiger charge is 2.65. The molecule has 1 aromatic carbocycles. The van der Waals surface area contributed by atoms with E-state index in [0.29, 0.717) is 11.8 Å². The number of esters is 1. The van der Waals surface area contributed by atoms with Crippen molar-refractivity contribution in [1.29, 1.82) is 0 Å². The molecule has 2 bridgehead atoms. The standard InChI is InChI=1S/C16H14O3/c1-2-7-18-12(17)8-11-13-14(11)16-10-6-4-3-5-9(10)15(13)19-16/h2-6,8,13-16H,1,7H2. The Bertz CT molecular complexity index is 565. The zero-order valence-corrected chi connectivity index (χ0v) is 10.4. The molecular weight excluding hydrogens is 240 g/mol. The lowest BCUT2D eigenvalue weighted by Gasteiger charge is -2.08. The Balaban J connectivity index is 1.57. The van der Waals surface area contributed by atoms with Gasteiger partial charge in [-0.25, -0.2) is 4.79 Å². The Morgan fingerprint density at radius 3 is 2.47 bits per heavy atom. The number of carbonyl (C=O) groups excluding carboxylic acids is 1. The van der Waals surface area contributed by atoms with E-state index in [2.05, 4.69) is 18.7 Å². The zero-order chi connectivity index (χ0) is 13.0. The molecule has 1 saturated carbocycles. The molecule has 4 atom stereocenters. The van der Waals surface area contributed by atoms with E-state index in [1.807, 2.05) is 12.1 Å². The number of fused-ring (bicyclic) bond motifs is 8. The number of hydrogen-bond acceptors (Lipinski definition) is 3. The lowest BCUT2D eigenvalue weighted by molar-refractivity contribution is -0.136. The van der Waals surface area contributed by atoms with Crippen molar-refractivity contribution < 1.29 is 14.3 Å². The second-order valence-electron chi connectivity index (χ2n) is 5.22. The van der Waals surface area contributed by atoms with Crippen molar-refractivity contribution in [1.82, 2.24) is 0 Å². The third-order valence-corrected chi connectivity index (χ3v) is 4.23. The number of hydrogen-bond donors (Lipinski definition) is 0. The van der Waals surface area contributed by atoms with Crippen molar-refractivity contribution in [2.75, 3.05) is 6.61 Å². The van der Waals surface area contributed by atoms with Gasteiger partial charge in [-0.15, -0.1) is 0 Å². The Labute approximate surface area is 111 Å². The third-order valence-electron chi connectivity index (χ3n) is 4.23. The van der Waals surface area contributed by atoms with Gasteiger partial charge in [0, 0.05) is 17.9 Å². The SMILES string of the molecule is C=CCOC(=O)C=C1C2C3OC(c4ccccc43)C12. The molecule has 1 saturated heterocycles. The van der Waals surface area contributed by atoms with E-state index in [-0.39, 0.29) is 24.8 Å². The summed E-state index contributed by atoms with van der Waals surface area (Å²) in [7, 11) is 0. The van der Waals surface area contributed by atoms with Crippen molar-refractivity contribution in [2.45, 2.75) is 12.2 Å². The Morgan fingerprint density at radius 1 is 1.26 bits per heavy atom. The van der Waals surface area contributed by atoms with Crippen molar-refractivity contribution in [3.63, 3.8) is 0 Å². The summed E-state index contributed by atoms with van der Waals surface area (Å²) in [5, 5.41) is 0. The predicted octanol–water partition coefficient (Wildman–Crippen LogP) is 2.71. The second-order valence-corrected chi connectivity index (χ2v) is 5.22. The lowest BCUT2D eigenvalue weighted by Crippen LogP contribution is -2.01. The summed E-state index contributed by atoms with van der Waals surface area (Å²) < 4.78 is 11.0. The second kappa shape index (κ2) is 3.81. The molecule has 0 spiro atoms. The van der Waals surface area contributed by atoms with E-state index in [0.717, 1.165) is 0 Å². The molecule has 19 heavy (non-hydrogen) atoms. The molecule has 1 aliphatic carbocycles. The maximum absolute atomic E-state index is 11.6. The van der Waals surface area contributed by atoms with E-state index < -0.39 is 0 Å². The van der Waals surface area contributed by atoms with Crippen LogP contribution >= 0.6 is 0 Å². The van der Waals surface area contributed by atoms with Gasteiger partial charge in [-0.2, -0.15) is 0 Å². The molecule has 3 heteroatoms. The van der Waals surface area contributed by atoms with E-state index in [4.69, 9.17) is 9.47 Å². The number of rotatable bonds is 3. The van der Waals surface area contributed by atoms with Gasteiger partial charge in [-0.05, 0) is 16.7 Å². The molecule has 2 heterocycles. The minimum atomic E-state index is -0.271. The highest BCUT2D eigenvalue weighted by atomic mass is 16.5. The number of benzene rings is 1. The molecule has 2 fully saturated rings. The van der Waals surface area contributed by atoms with Crippen molar-refractivity contribution >= 4 is 5.97 Å². The van der Waals surface area contributed by atoms with E-state index >= 15 is 0 Å². The van der Waals surface area contributed by atoms with Gasteiger partial charge in [0.1, 0.15) is 6.61 Å². The molecule has 4 unspecified atom stereocenters. The van der Waals surface area contributed by atoms with Gasteiger partial charge < -0.3 is 9.47 Å². The van der Waals surface area contributed by atoms with E-state index in [9.17, 15) is 4.79 Å². The summed E-state index contributed by atoms with van der Waals surface area (Å²) in [5.74, 6) is 0.500. The largest absolute Gasteiger partial charge is 0.458 e. The van der Waals surface area contributed by atoms with Gasteiger partial charge in [0.25, 0.3) is 0 Å². The molecule has 3 nitrogen and oxygen atoms in total. The van der Waals surface area contributed by atoms with Crippen molar-refractivity contribution in [3.05, 3.63) is 59.7 Å².